The maximum Gasteiger partial charge on any atom is 0.269 e. The molecule has 1 fully saturated rings. The normalized spacial score (nSPS) is 14.3. The number of benzene rings is 1. The summed E-state index contributed by atoms with van der Waals surface area (Å²) in [4.78, 5) is 21.4. The highest BCUT2D eigenvalue weighted by molar-refractivity contribution is 7.89. The Morgan fingerprint density at radius 2 is 1.92 bits per heavy atom. The summed E-state index contributed by atoms with van der Waals surface area (Å²) in [5, 5.41) is 16.4. The van der Waals surface area contributed by atoms with E-state index in [2.05, 4.69) is 15.4 Å². The fourth-order valence-corrected chi connectivity index (χ4v) is 3.00. The maximum atomic E-state index is 12.0. The fourth-order valence-electron chi connectivity index (χ4n) is 1.97. The zero-order chi connectivity index (χ0) is 16.9. The van der Waals surface area contributed by atoms with Crippen LogP contribution in [-0.2, 0) is 14.8 Å². The molecule has 3 N–H and O–H groups in total. The van der Waals surface area contributed by atoms with Gasteiger partial charge in [0.15, 0.2) is 0 Å². The van der Waals surface area contributed by atoms with E-state index in [1.807, 2.05) is 0 Å². The molecule has 0 saturated carbocycles. The molecule has 0 aromatic heterocycles. The first-order chi connectivity index (χ1) is 10.9. The van der Waals surface area contributed by atoms with Crippen LogP contribution in [0.1, 0.15) is 6.42 Å². The zero-order valence-corrected chi connectivity index (χ0v) is 14.4. The number of carbonyl (C=O) groups excluding carboxylic acids is 1. The predicted octanol–water partition coefficient (Wildman–Crippen LogP) is 0.0206. The number of hydrogen-bond acceptors (Lipinski definition) is 6. The van der Waals surface area contributed by atoms with Gasteiger partial charge in [-0.15, -0.1) is 12.4 Å². The lowest BCUT2D eigenvalue weighted by Crippen LogP contribution is -2.48. The second-order valence-corrected chi connectivity index (χ2v) is 6.99. The minimum atomic E-state index is -3.79. The smallest absolute Gasteiger partial charge is 0.269 e. The van der Waals surface area contributed by atoms with Gasteiger partial charge in [0.05, 0.1) is 9.82 Å². The number of rotatable bonds is 8. The first-order valence-electron chi connectivity index (χ1n) is 7.10. The van der Waals surface area contributed by atoms with Crippen molar-refractivity contribution in [2.24, 2.45) is 5.92 Å². The van der Waals surface area contributed by atoms with Crippen molar-refractivity contribution >= 4 is 34.0 Å². The first-order valence-corrected chi connectivity index (χ1v) is 8.58. The molecule has 24 heavy (non-hydrogen) atoms. The van der Waals surface area contributed by atoms with E-state index in [1.165, 1.54) is 0 Å². The molecule has 1 aliphatic rings. The van der Waals surface area contributed by atoms with Gasteiger partial charge in [-0.1, -0.05) is 0 Å². The van der Waals surface area contributed by atoms with Gasteiger partial charge in [0, 0.05) is 50.7 Å². The summed E-state index contributed by atoms with van der Waals surface area (Å²) >= 11 is 0. The minimum Gasteiger partial charge on any atom is -0.356 e. The first kappa shape index (κ1) is 20.3. The molecule has 0 unspecified atom stereocenters. The Kier molecular flexibility index (Phi) is 7.55. The number of sulfonamides is 1. The summed E-state index contributed by atoms with van der Waals surface area (Å²) < 4.78 is 26.3. The molecular formula is C13H19ClN4O5S. The summed E-state index contributed by atoms with van der Waals surface area (Å²) in [5.41, 5.74) is -0.186. The van der Waals surface area contributed by atoms with Crippen molar-refractivity contribution in [1.82, 2.24) is 15.4 Å². The van der Waals surface area contributed by atoms with Crippen LogP contribution in [0.4, 0.5) is 5.69 Å². The SMILES string of the molecule is Cl.O=C(CCNS(=O)(=O)c1ccc([N+](=O)[O-])cc1)NCC1CNC1. The van der Waals surface area contributed by atoms with Crippen LogP contribution in [-0.4, -0.2) is 45.4 Å². The molecule has 0 spiro atoms. The zero-order valence-electron chi connectivity index (χ0n) is 12.7. The van der Waals surface area contributed by atoms with E-state index in [-0.39, 0.29) is 41.9 Å². The van der Waals surface area contributed by atoms with E-state index in [0.29, 0.717) is 12.5 Å². The molecule has 1 aromatic carbocycles. The van der Waals surface area contributed by atoms with Crippen molar-refractivity contribution in [2.45, 2.75) is 11.3 Å². The molecule has 1 saturated heterocycles. The van der Waals surface area contributed by atoms with Gasteiger partial charge in [0.1, 0.15) is 0 Å². The number of carbonyl (C=O) groups is 1. The Hall–Kier alpha value is -1.75. The van der Waals surface area contributed by atoms with Gasteiger partial charge < -0.3 is 10.6 Å². The van der Waals surface area contributed by atoms with Crippen molar-refractivity contribution in [3.63, 3.8) is 0 Å². The van der Waals surface area contributed by atoms with Gasteiger partial charge in [-0.2, -0.15) is 0 Å². The average Bonchev–Trinajstić information content (AvgIpc) is 2.45. The van der Waals surface area contributed by atoms with Gasteiger partial charge in [-0.05, 0) is 12.1 Å². The molecular weight excluding hydrogens is 360 g/mol. The Bertz CT molecular complexity index is 676. The Balaban J connectivity index is 0.00000288. The van der Waals surface area contributed by atoms with Crippen LogP contribution in [0.15, 0.2) is 29.2 Å². The Labute approximate surface area is 145 Å². The summed E-state index contributed by atoms with van der Waals surface area (Å²) in [6.07, 6.45) is 0.0341. The number of non-ortho nitro benzene ring substituents is 1. The molecule has 1 heterocycles. The van der Waals surface area contributed by atoms with Gasteiger partial charge in [-0.3, -0.25) is 14.9 Å². The highest BCUT2D eigenvalue weighted by atomic mass is 35.5. The highest BCUT2D eigenvalue weighted by Gasteiger charge is 2.18. The molecule has 11 heteroatoms. The van der Waals surface area contributed by atoms with Crippen LogP contribution in [0.3, 0.4) is 0 Å². The standard InChI is InChI=1S/C13H18N4O5S.ClH/c18-13(15-9-10-7-14-8-10)5-6-16-23(21,22)12-3-1-11(2-4-12)17(19)20;/h1-4,10,14,16H,5-9H2,(H,15,18);1H. The van der Waals surface area contributed by atoms with Crippen molar-refractivity contribution in [3.8, 4) is 0 Å². The lowest BCUT2D eigenvalue weighted by Gasteiger charge is -2.27. The van der Waals surface area contributed by atoms with Gasteiger partial charge >= 0.3 is 0 Å². The van der Waals surface area contributed by atoms with Gasteiger partial charge in [0.25, 0.3) is 5.69 Å². The number of halogens is 1. The molecule has 0 atom stereocenters. The average molecular weight is 379 g/mol. The van der Waals surface area contributed by atoms with E-state index in [4.69, 9.17) is 0 Å². The lowest BCUT2D eigenvalue weighted by molar-refractivity contribution is -0.384. The van der Waals surface area contributed by atoms with Crippen molar-refractivity contribution < 1.29 is 18.1 Å². The molecule has 0 bridgehead atoms. The molecule has 1 aromatic rings. The monoisotopic (exact) mass is 378 g/mol. The molecule has 1 amide bonds. The number of nitrogens with zero attached hydrogens (tertiary/aromatic N) is 1. The summed E-state index contributed by atoms with van der Waals surface area (Å²) in [6.45, 7) is 2.31. The molecule has 0 radical (unpaired) electrons. The van der Waals surface area contributed by atoms with E-state index in [1.54, 1.807) is 0 Å². The number of nitrogens with one attached hydrogen (secondary N) is 3. The Morgan fingerprint density at radius 1 is 1.29 bits per heavy atom. The summed E-state index contributed by atoms with van der Waals surface area (Å²) in [6, 6.07) is 4.55. The van der Waals surface area contributed by atoms with Crippen LogP contribution in [0.5, 0.6) is 0 Å². The topological polar surface area (TPSA) is 130 Å². The lowest BCUT2D eigenvalue weighted by atomic mass is 10.0. The molecule has 1 aliphatic heterocycles. The van der Waals surface area contributed by atoms with Crippen LogP contribution >= 0.6 is 12.4 Å². The van der Waals surface area contributed by atoms with E-state index in [9.17, 15) is 23.3 Å². The van der Waals surface area contributed by atoms with Crippen LogP contribution in [0.2, 0.25) is 0 Å². The summed E-state index contributed by atoms with van der Waals surface area (Å²) in [7, 11) is -3.79. The number of amides is 1. The van der Waals surface area contributed by atoms with Crippen LogP contribution in [0, 0.1) is 16.0 Å². The van der Waals surface area contributed by atoms with Gasteiger partial charge in [0.2, 0.25) is 15.9 Å². The largest absolute Gasteiger partial charge is 0.356 e. The second-order valence-electron chi connectivity index (χ2n) is 5.23. The third-order valence-electron chi connectivity index (χ3n) is 3.46. The molecule has 0 aliphatic carbocycles. The third-order valence-corrected chi connectivity index (χ3v) is 4.93. The molecule has 134 valence electrons. The third kappa shape index (κ3) is 5.71. The highest BCUT2D eigenvalue weighted by Crippen LogP contribution is 2.15. The second kappa shape index (κ2) is 8.92. The van der Waals surface area contributed by atoms with Gasteiger partial charge in [-0.25, -0.2) is 13.1 Å². The van der Waals surface area contributed by atoms with Crippen LogP contribution in [0.25, 0.3) is 0 Å². The van der Waals surface area contributed by atoms with Crippen molar-refractivity contribution in [1.29, 1.82) is 0 Å². The van der Waals surface area contributed by atoms with E-state index < -0.39 is 14.9 Å². The number of hydrogen-bond donors (Lipinski definition) is 3. The quantitative estimate of drug-likeness (QED) is 0.432. The molecule has 9 nitrogen and oxygen atoms in total. The predicted molar refractivity (Wildman–Crippen MR) is 89.5 cm³/mol. The fraction of sp³-hybridized carbons (Fsp3) is 0.462. The van der Waals surface area contributed by atoms with Crippen molar-refractivity contribution in [3.05, 3.63) is 34.4 Å². The Morgan fingerprint density at radius 3 is 2.42 bits per heavy atom. The van der Waals surface area contributed by atoms with Crippen molar-refractivity contribution in [2.75, 3.05) is 26.2 Å². The van der Waals surface area contributed by atoms with Crippen LogP contribution < -0.4 is 15.4 Å². The van der Waals surface area contributed by atoms with E-state index >= 15 is 0 Å². The minimum absolute atomic E-state index is 0. The van der Waals surface area contributed by atoms with E-state index in [0.717, 1.165) is 37.4 Å². The number of nitro benzene ring substituents is 1. The maximum absolute atomic E-state index is 12.0. The summed E-state index contributed by atoms with van der Waals surface area (Å²) in [5.74, 6) is 0.221. The number of nitro groups is 1. The molecule has 2 rings (SSSR count).